The molecule has 5 nitrogen and oxygen atoms in total. The number of amides is 1. The molecule has 6 heteroatoms. The lowest BCUT2D eigenvalue weighted by molar-refractivity contribution is 0.0766. The predicted molar refractivity (Wildman–Crippen MR) is 89.1 cm³/mol. The first-order valence-electron chi connectivity index (χ1n) is 7.53. The molecule has 1 fully saturated rings. The van der Waals surface area contributed by atoms with Gasteiger partial charge in [0.2, 0.25) is 0 Å². The number of benzene rings is 1. The van der Waals surface area contributed by atoms with Gasteiger partial charge in [-0.1, -0.05) is 0 Å². The lowest BCUT2D eigenvalue weighted by Gasteiger charge is -2.20. The van der Waals surface area contributed by atoms with Crippen molar-refractivity contribution in [3.63, 3.8) is 0 Å². The number of rotatable bonds is 6. The lowest BCUT2D eigenvalue weighted by Crippen LogP contribution is -2.34. The van der Waals surface area contributed by atoms with Crippen LogP contribution in [0.2, 0.25) is 0 Å². The zero-order chi connectivity index (χ0) is 14.9. The van der Waals surface area contributed by atoms with Gasteiger partial charge in [0.15, 0.2) is 0 Å². The summed E-state index contributed by atoms with van der Waals surface area (Å²) in [7, 11) is 1.68. The van der Waals surface area contributed by atoms with Gasteiger partial charge in [0, 0.05) is 45.3 Å². The van der Waals surface area contributed by atoms with Gasteiger partial charge in [-0.3, -0.25) is 4.79 Å². The molecule has 0 bridgehead atoms. The molecule has 1 aliphatic heterocycles. The van der Waals surface area contributed by atoms with Crippen LogP contribution in [0.3, 0.4) is 0 Å². The Morgan fingerprint density at radius 3 is 2.68 bits per heavy atom. The molecule has 1 amide bonds. The molecule has 0 spiro atoms. The van der Waals surface area contributed by atoms with Crippen LogP contribution in [0.4, 0.5) is 0 Å². The van der Waals surface area contributed by atoms with E-state index in [0.717, 1.165) is 50.3 Å². The lowest BCUT2D eigenvalue weighted by atomic mass is 10.2. The van der Waals surface area contributed by atoms with Crippen LogP contribution in [-0.4, -0.2) is 57.3 Å². The number of methoxy groups -OCH3 is 1. The Hall–Kier alpha value is -1.30. The minimum Gasteiger partial charge on any atom is -0.494 e. The minimum absolute atomic E-state index is 0. The van der Waals surface area contributed by atoms with E-state index in [1.54, 1.807) is 7.11 Å². The quantitative estimate of drug-likeness (QED) is 0.811. The molecule has 0 saturated carbocycles. The fourth-order valence-corrected chi connectivity index (χ4v) is 2.32. The van der Waals surface area contributed by atoms with Gasteiger partial charge in [-0.2, -0.15) is 0 Å². The Bertz CT molecular complexity index is 432. The van der Waals surface area contributed by atoms with Crippen molar-refractivity contribution in [3.05, 3.63) is 29.8 Å². The smallest absolute Gasteiger partial charge is 0.253 e. The normalized spacial score (nSPS) is 14.9. The number of nitrogens with one attached hydrogen (secondary N) is 1. The average molecular weight is 329 g/mol. The van der Waals surface area contributed by atoms with E-state index in [2.05, 4.69) is 5.32 Å². The highest BCUT2D eigenvalue weighted by molar-refractivity contribution is 5.94. The molecule has 1 N–H and O–H groups in total. The Morgan fingerprint density at radius 1 is 1.18 bits per heavy atom. The SMILES string of the molecule is COCCCOc1ccc(C(=O)N2CCCNCC2)cc1.Cl. The second-order valence-electron chi connectivity index (χ2n) is 5.11. The van der Waals surface area contributed by atoms with Crippen molar-refractivity contribution in [1.29, 1.82) is 0 Å². The molecule has 0 aliphatic carbocycles. The van der Waals surface area contributed by atoms with E-state index in [0.29, 0.717) is 13.2 Å². The number of ether oxygens (including phenoxy) is 2. The third kappa shape index (κ3) is 5.83. The molecule has 1 aromatic rings. The van der Waals surface area contributed by atoms with Gasteiger partial charge in [0.1, 0.15) is 5.75 Å². The zero-order valence-electron chi connectivity index (χ0n) is 13.0. The van der Waals surface area contributed by atoms with Crippen molar-refractivity contribution < 1.29 is 14.3 Å². The molecule has 1 aliphatic rings. The molecule has 0 radical (unpaired) electrons. The Kier molecular flexibility index (Phi) is 8.89. The average Bonchev–Trinajstić information content (AvgIpc) is 2.81. The van der Waals surface area contributed by atoms with Crippen LogP contribution in [-0.2, 0) is 4.74 Å². The maximum Gasteiger partial charge on any atom is 0.253 e. The molecule has 0 atom stereocenters. The minimum atomic E-state index is 0. The fraction of sp³-hybridized carbons (Fsp3) is 0.562. The molecule has 0 unspecified atom stereocenters. The number of hydrogen-bond donors (Lipinski definition) is 1. The molecule has 1 aromatic carbocycles. The van der Waals surface area contributed by atoms with Gasteiger partial charge in [0.05, 0.1) is 6.61 Å². The zero-order valence-corrected chi connectivity index (χ0v) is 13.9. The van der Waals surface area contributed by atoms with E-state index >= 15 is 0 Å². The number of nitrogens with zero attached hydrogens (tertiary/aromatic N) is 1. The highest BCUT2D eigenvalue weighted by Crippen LogP contribution is 2.14. The van der Waals surface area contributed by atoms with Crippen LogP contribution in [0.15, 0.2) is 24.3 Å². The van der Waals surface area contributed by atoms with Crippen molar-refractivity contribution in [2.75, 3.05) is 46.5 Å². The summed E-state index contributed by atoms with van der Waals surface area (Å²) in [5.41, 5.74) is 0.723. The first-order valence-corrected chi connectivity index (χ1v) is 7.53. The van der Waals surface area contributed by atoms with E-state index in [1.165, 1.54) is 0 Å². The van der Waals surface area contributed by atoms with Gasteiger partial charge in [0.25, 0.3) is 5.91 Å². The first kappa shape index (κ1) is 18.7. The number of halogens is 1. The number of carbonyl (C=O) groups is 1. The van der Waals surface area contributed by atoms with Crippen molar-refractivity contribution in [3.8, 4) is 5.75 Å². The van der Waals surface area contributed by atoms with Crippen LogP contribution in [0.25, 0.3) is 0 Å². The third-order valence-electron chi connectivity index (χ3n) is 3.49. The highest BCUT2D eigenvalue weighted by atomic mass is 35.5. The van der Waals surface area contributed by atoms with Gasteiger partial charge >= 0.3 is 0 Å². The summed E-state index contributed by atoms with van der Waals surface area (Å²) >= 11 is 0. The number of carbonyl (C=O) groups excluding carboxylic acids is 1. The van der Waals surface area contributed by atoms with Crippen LogP contribution >= 0.6 is 12.4 Å². The molecular weight excluding hydrogens is 304 g/mol. The van der Waals surface area contributed by atoms with E-state index in [-0.39, 0.29) is 18.3 Å². The van der Waals surface area contributed by atoms with E-state index in [1.807, 2.05) is 29.2 Å². The second kappa shape index (κ2) is 10.4. The largest absolute Gasteiger partial charge is 0.494 e. The van der Waals surface area contributed by atoms with Crippen LogP contribution in [0.1, 0.15) is 23.2 Å². The van der Waals surface area contributed by atoms with E-state index in [9.17, 15) is 4.79 Å². The summed E-state index contributed by atoms with van der Waals surface area (Å²) < 4.78 is 10.6. The number of hydrogen-bond acceptors (Lipinski definition) is 4. The van der Waals surface area contributed by atoms with Gasteiger partial charge < -0.3 is 19.7 Å². The monoisotopic (exact) mass is 328 g/mol. The summed E-state index contributed by atoms with van der Waals surface area (Å²) in [6, 6.07) is 7.39. The van der Waals surface area contributed by atoms with Crippen molar-refractivity contribution >= 4 is 18.3 Å². The maximum atomic E-state index is 12.4. The maximum absolute atomic E-state index is 12.4. The standard InChI is InChI=1S/C16H24N2O3.ClH/c1-20-12-3-13-21-15-6-4-14(5-7-15)16(19)18-10-2-8-17-9-11-18;/h4-7,17H,2-3,8-13H2,1H3;1H. The van der Waals surface area contributed by atoms with E-state index < -0.39 is 0 Å². The van der Waals surface area contributed by atoms with Gasteiger partial charge in [-0.15, -0.1) is 12.4 Å². The Morgan fingerprint density at radius 2 is 1.95 bits per heavy atom. The van der Waals surface area contributed by atoms with Crippen LogP contribution in [0, 0.1) is 0 Å². The Balaban J connectivity index is 0.00000242. The second-order valence-corrected chi connectivity index (χ2v) is 5.11. The van der Waals surface area contributed by atoms with Crippen molar-refractivity contribution in [2.24, 2.45) is 0 Å². The predicted octanol–water partition coefficient (Wildman–Crippen LogP) is 1.96. The third-order valence-corrected chi connectivity index (χ3v) is 3.49. The fourth-order valence-electron chi connectivity index (χ4n) is 2.32. The summed E-state index contributed by atoms with van der Waals surface area (Å²) in [4.78, 5) is 14.3. The van der Waals surface area contributed by atoms with Gasteiger partial charge in [-0.05, 0) is 37.2 Å². The topological polar surface area (TPSA) is 50.8 Å². The molecule has 1 heterocycles. The van der Waals surface area contributed by atoms with E-state index in [4.69, 9.17) is 9.47 Å². The molecule has 1 saturated heterocycles. The summed E-state index contributed by atoms with van der Waals surface area (Å²) in [6.07, 6.45) is 1.87. The summed E-state index contributed by atoms with van der Waals surface area (Å²) in [5, 5.41) is 3.30. The molecule has 0 aromatic heterocycles. The van der Waals surface area contributed by atoms with Crippen LogP contribution in [0.5, 0.6) is 5.75 Å². The van der Waals surface area contributed by atoms with Crippen LogP contribution < -0.4 is 10.1 Å². The molecule has 22 heavy (non-hydrogen) atoms. The first-order chi connectivity index (χ1) is 10.3. The van der Waals surface area contributed by atoms with Crippen molar-refractivity contribution in [1.82, 2.24) is 10.2 Å². The molecular formula is C16H25ClN2O3. The van der Waals surface area contributed by atoms with Gasteiger partial charge in [-0.25, -0.2) is 0 Å². The summed E-state index contributed by atoms with van der Waals surface area (Å²) in [6.45, 7) is 4.76. The van der Waals surface area contributed by atoms with Crippen molar-refractivity contribution in [2.45, 2.75) is 12.8 Å². The molecule has 2 rings (SSSR count). The summed E-state index contributed by atoms with van der Waals surface area (Å²) in [5.74, 6) is 0.893. The Labute approximate surface area is 138 Å². The highest BCUT2D eigenvalue weighted by Gasteiger charge is 2.16. The molecule has 124 valence electrons.